The Bertz CT molecular complexity index is 395. The van der Waals surface area contributed by atoms with Crippen LogP contribution < -0.4 is 0 Å². The van der Waals surface area contributed by atoms with Gasteiger partial charge in [0.15, 0.2) is 5.67 Å². The van der Waals surface area contributed by atoms with Gasteiger partial charge in [0.1, 0.15) is 0 Å². The van der Waals surface area contributed by atoms with Crippen LogP contribution in [0.15, 0.2) is 0 Å². The van der Waals surface area contributed by atoms with Crippen LogP contribution in [0.4, 0.5) is 4.39 Å². The first kappa shape index (κ1) is 13.8. The Hall–Kier alpha value is -1.13. The number of carbonyl (C=O) groups excluding carboxylic acids is 2. The summed E-state index contributed by atoms with van der Waals surface area (Å²) in [5.74, 6) is -0.00550. The number of piperidine rings is 1. The zero-order chi connectivity index (χ0) is 14.2. The van der Waals surface area contributed by atoms with E-state index in [0.717, 1.165) is 32.1 Å². The highest BCUT2D eigenvalue weighted by molar-refractivity contribution is 5.86. The molecule has 0 spiro atoms. The van der Waals surface area contributed by atoms with Crippen molar-refractivity contribution in [1.29, 1.82) is 0 Å². The minimum Gasteiger partial charge on any atom is -0.342 e. The molecule has 0 N–H and O–H groups in total. The van der Waals surface area contributed by atoms with Gasteiger partial charge in [0.2, 0.25) is 5.91 Å². The van der Waals surface area contributed by atoms with Crippen molar-refractivity contribution in [2.75, 3.05) is 26.2 Å². The summed E-state index contributed by atoms with van der Waals surface area (Å²) in [7, 11) is 0. The van der Waals surface area contributed by atoms with Gasteiger partial charge in [-0.25, -0.2) is 4.39 Å². The molecule has 20 heavy (non-hydrogen) atoms. The fourth-order valence-electron chi connectivity index (χ4n) is 3.41. The second-order valence-electron chi connectivity index (χ2n) is 6.42. The molecular weight excluding hydrogens is 259 g/mol. The molecule has 112 valence electrons. The number of hydrogen-bond acceptors (Lipinski definition) is 2. The number of halogens is 1. The lowest BCUT2D eigenvalue weighted by atomic mass is 9.83. The van der Waals surface area contributed by atoms with E-state index in [-0.39, 0.29) is 30.6 Å². The Labute approximate surface area is 119 Å². The van der Waals surface area contributed by atoms with E-state index in [1.807, 2.05) is 0 Å². The molecule has 0 aromatic rings. The van der Waals surface area contributed by atoms with E-state index in [2.05, 4.69) is 0 Å². The number of nitrogens with zero attached hydrogens (tertiary/aromatic N) is 2. The van der Waals surface area contributed by atoms with Crippen molar-refractivity contribution in [3.05, 3.63) is 0 Å². The van der Waals surface area contributed by atoms with E-state index in [1.54, 1.807) is 9.80 Å². The van der Waals surface area contributed by atoms with Crippen molar-refractivity contribution in [3.8, 4) is 0 Å². The first-order chi connectivity index (χ1) is 9.60. The summed E-state index contributed by atoms with van der Waals surface area (Å²) in [5, 5.41) is 0. The Kier molecular flexibility index (Phi) is 3.69. The monoisotopic (exact) mass is 282 g/mol. The van der Waals surface area contributed by atoms with Crippen LogP contribution in [0.25, 0.3) is 0 Å². The Morgan fingerprint density at radius 2 is 1.50 bits per heavy atom. The standard InChI is InChI=1S/C15H23FN2O2/c16-15(14(20)18-8-1-2-9-18)6-10-17(11-7-15)13(19)12-4-3-5-12/h12H,1-11H2. The van der Waals surface area contributed by atoms with E-state index >= 15 is 0 Å². The molecule has 1 aliphatic carbocycles. The molecule has 4 nitrogen and oxygen atoms in total. The van der Waals surface area contributed by atoms with Gasteiger partial charge in [-0.05, 0) is 25.7 Å². The van der Waals surface area contributed by atoms with Crippen LogP contribution in [0.2, 0.25) is 0 Å². The molecule has 0 unspecified atom stereocenters. The second-order valence-corrected chi connectivity index (χ2v) is 6.42. The minimum absolute atomic E-state index is 0.163. The third kappa shape index (κ3) is 2.42. The number of alkyl halides is 1. The fraction of sp³-hybridized carbons (Fsp3) is 0.867. The third-order valence-corrected chi connectivity index (χ3v) is 5.10. The van der Waals surface area contributed by atoms with Gasteiger partial charge in [-0.15, -0.1) is 0 Å². The van der Waals surface area contributed by atoms with Gasteiger partial charge in [-0.1, -0.05) is 6.42 Å². The number of carbonyl (C=O) groups is 2. The molecule has 2 aliphatic heterocycles. The van der Waals surface area contributed by atoms with Crippen LogP contribution >= 0.6 is 0 Å². The predicted molar refractivity (Wildman–Crippen MR) is 72.8 cm³/mol. The molecule has 0 radical (unpaired) electrons. The maximum Gasteiger partial charge on any atom is 0.260 e. The first-order valence-electron chi connectivity index (χ1n) is 7.87. The molecule has 3 aliphatic rings. The maximum atomic E-state index is 14.8. The lowest BCUT2D eigenvalue weighted by Gasteiger charge is -2.39. The highest BCUT2D eigenvalue weighted by Gasteiger charge is 2.46. The van der Waals surface area contributed by atoms with Crippen molar-refractivity contribution in [2.45, 2.75) is 50.6 Å². The van der Waals surface area contributed by atoms with Crippen molar-refractivity contribution >= 4 is 11.8 Å². The molecule has 2 heterocycles. The molecular formula is C15H23FN2O2. The van der Waals surface area contributed by atoms with Crippen LogP contribution in [0.1, 0.15) is 44.9 Å². The summed E-state index contributed by atoms with van der Waals surface area (Å²) in [6, 6.07) is 0. The smallest absolute Gasteiger partial charge is 0.260 e. The lowest BCUT2D eigenvalue weighted by Crippen LogP contribution is -2.54. The van der Waals surface area contributed by atoms with Gasteiger partial charge in [0.05, 0.1) is 0 Å². The van der Waals surface area contributed by atoms with Crippen molar-refractivity contribution in [1.82, 2.24) is 9.80 Å². The highest BCUT2D eigenvalue weighted by atomic mass is 19.1. The lowest BCUT2D eigenvalue weighted by molar-refractivity contribution is -0.151. The van der Waals surface area contributed by atoms with Gasteiger partial charge in [-0.2, -0.15) is 0 Å². The van der Waals surface area contributed by atoms with E-state index in [9.17, 15) is 14.0 Å². The van der Waals surface area contributed by atoms with E-state index in [1.165, 1.54) is 0 Å². The van der Waals surface area contributed by atoms with E-state index < -0.39 is 5.67 Å². The quantitative estimate of drug-likeness (QED) is 0.774. The van der Waals surface area contributed by atoms with Crippen molar-refractivity contribution in [3.63, 3.8) is 0 Å². The molecule has 2 saturated heterocycles. The fourth-order valence-corrected chi connectivity index (χ4v) is 3.41. The normalized spacial score (nSPS) is 26.4. The van der Waals surface area contributed by atoms with Crippen LogP contribution in [0, 0.1) is 5.92 Å². The van der Waals surface area contributed by atoms with Gasteiger partial charge in [-0.3, -0.25) is 9.59 Å². The first-order valence-corrected chi connectivity index (χ1v) is 7.87. The van der Waals surface area contributed by atoms with Crippen LogP contribution in [0.5, 0.6) is 0 Å². The van der Waals surface area contributed by atoms with Crippen molar-refractivity contribution in [2.24, 2.45) is 5.92 Å². The molecule has 3 rings (SSSR count). The summed E-state index contributed by atoms with van der Waals surface area (Å²) in [4.78, 5) is 27.8. The summed E-state index contributed by atoms with van der Waals surface area (Å²) >= 11 is 0. The number of amides is 2. The zero-order valence-corrected chi connectivity index (χ0v) is 11.9. The predicted octanol–water partition coefficient (Wildman–Crippen LogP) is 1.74. The average molecular weight is 282 g/mol. The summed E-state index contributed by atoms with van der Waals surface area (Å²) in [6.07, 6.45) is 5.38. The van der Waals surface area contributed by atoms with Gasteiger partial charge < -0.3 is 9.80 Å². The van der Waals surface area contributed by atoms with Crippen molar-refractivity contribution < 1.29 is 14.0 Å². The summed E-state index contributed by atoms with van der Waals surface area (Å²) in [6.45, 7) is 2.17. The molecule has 5 heteroatoms. The van der Waals surface area contributed by atoms with Crippen LogP contribution in [-0.4, -0.2) is 53.5 Å². The number of rotatable bonds is 2. The second kappa shape index (κ2) is 5.34. The minimum atomic E-state index is -1.74. The SMILES string of the molecule is O=C(C1CCC1)N1CCC(F)(C(=O)N2CCCC2)CC1. The molecule has 3 fully saturated rings. The highest BCUT2D eigenvalue weighted by Crippen LogP contribution is 2.33. The van der Waals surface area contributed by atoms with E-state index in [0.29, 0.717) is 26.2 Å². The molecule has 0 aromatic heterocycles. The average Bonchev–Trinajstić information content (AvgIpc) is 2.90. The molecule has 0 bridgehead atoms. The molecule has 0 aromatic carbocycles. The van der Waals surface area contributed by atoms with E-state index in [4.69, 9.17) is 0 Å². The largest absolute Gasteiger partial charge is 0.342 e. The zero-order valence-electron chi connectivity index (χ0n) is 11.9. The molecule has 1 saturated carbocycles. The van der Waals surface area contributed by atoms with Crippen LogP contribution in [0.3, 0.4) is 0 Å². The Balaban J connectivity index is 1.56. The third-order valence-electron chi connectivity index (χ3n) is 5.10. The summed E-state index contributed by atoms with van der Waals surface area (Å²) in [5.41, 5.74) is -1.74. The van der Waals surface area contributed by atoms with Crippen LogP contribution in [-0.2, 0) is 9.59 Å². The van der Waals surface area contributed by atoms with Gasteiger partial charge in [0, 0.05) is 44.9 Å². The Morgan fingerprint density at radius 1 is 0.900 bits per heavy atom. The molecule has 2 amide bonds. The number of hydrogen-bond donors (Lipinski definition) is 0. The van der Waals surface area contributed by atoms with Gasteiger partial charge >= 0.3 is 0 Å². The summed E-state index contributed by atoms with van der Waals surface area (Å²) < 4.78 is 14.8. The molecule has 0 atom stereocenters. The Morgan fingerprint density at radius 3 is 2.00 bits per heavy atom. The van der Waals surface area contributed by atoms with Gasteiger partial charge in [0.25, 0.3) is 5.91 Å². The topological polar surface area (TPSA) is 40.6 Å². The number of likely N-dealkylation sites (tertiary alicyclic amines) is 2. The maximum absolute atomic E-state index is 14.8.